The van der Waals surface area contributed by atoms with Gasteiger partial charge in [0.05, 0.1) is 18.1 Å². The van der Waals surface area contributed by atoms with Crippen LogP contribution in [0.5, 0.6) is 5.88 Å². The molecular formula is C21H17NO2S. The molecule has 3 nitrogen and oxygen atoms in total. The van der Waals surface area contributed by atoms with Gasteiger partial charge in [-0.15, -0.1) is 11.3 Å². The summed E-state index contributed by atoms with van der Waals surface area (Å²) in [5, 5.41) is 13.3. The Hall–Kier alpha value is -2.69. The Bertz CT molecular complexity index is 995. The SMILES string of the molecule is Oc1nc(COCc2ccc3ccccc3c2)sc1-c1ccccc1. The predicted octanol–water partition coefficient (Wildman–Crippen LogP) is 5.39. The Balaban J connectivity index is 1.43. The summed E-state index contributed by atoms with van der Waals surface area (Å²) >= 11 is 1.46. The first kappa shape index (κ1) is 15.8. The second-order valence-electron chi connectivity index (χ2n) is 5.80. The molecule has 124 valence electrons. The molecule has 0 radical (unpaired) electrons. The molecular weight excluding hydrogens is 330 g/mol. The van der Waals surface area contributed by atoms with Crippen molar-refractivity contribution in [1.29, 1.82) is 0 Å². The second kappa shape index (κ2) is 7.05. The maximum atomic E-state index is 10.1. The first-order valence-electron chi connectivity index (χ1n) is 8.09. The lowest BCUT2D eigenvalue weighted by molar-refractivity contribution is 0.107. The molecule has 1 heterocycles. The fourth-order valence-electron chi connectivity index (χ4n) is 2.78. The molecule has 1 N–H and O–H groups in total. The van der Waals surface area contributed by atoms with Crippen LogP contribution in [-0.2, 0) is 18.0 Å². The highest BCUT2D eigenvalue weighted by Gasteiger charge is 2.12. The number of fused-ring (bicyclic) bond motifs is 1. The van der Waals surface area contributed by atoms with Gasteiger partial charge in [0.1, 0.15) is 5.01 Å². The van der Waals surface area contributed by atoms with Crippen molar-refractivity contribution in [1.82, 2.24) is 4.98 Å². The number of thiazole rings is 1. The number of aromatic hydroxyl groups is 1. The Morgan fingerprint density at radius 1 is 0.840 bits per heavy atom. The van der Waals surface area contributed by atoms with Crippen molar-refractivity contribution in [3.63, 3.8) is 0 Å². The Morgan fingerprint density at radius 2 is 1.60 bits per heavy atom. The average Bonchev–Trinajstić information content (AvgIpc) is 3.03. The summed E-state index contributed by atoms with van der Waals surface area (Å²) in [7, 11) is 0. The van der Waals surface area contributed by atoms with Crippen molar-refractivity contribution >= 4 is 22.1 Å². The summed E-state index contributed by atoms with van der Waals surface area (Å²) in [5.74, 6) is 0.0699. The quantitative estimate of drug-likeness (QED) is 0.526. The van der Waals surface area contributed by atoms with Crippen molar-refractivity contribution in [3.05, 3.63) is 83.4 Å². The third kappa shape index (κ3) is 3.55. The standard InChI is InChI=1S/C21H17NO2S/c23-21-20(17-7-2-1-3-8-17)25-19(22-21)14-24-13-15-10-11-16-6-4-5-9-18(16)12-15/h1-12,23H,13-14H2. The van der Waals surface area contributed by atoms with Crippen LogP contribution in [0.1, 0.15) is 10.6 Å². The zero-order valence-corrected chi connectivity index (χ0v) is 14.4. The van der Waals surface area contributed by atoms with E-state index < -0.39 is 0 Å². The Morgan fingerprint density at radius 3 is 2.44 bits per heavy atom. The lowest BCUT2D eigenvalue weighted by Gasteiger charge is -2.04. The van der Waals surface area contributed by atoms with Crippen LogP contribution >= 0.6 is 11.3 Å². The van der Waals surface area contributed by atoms with Crippen molar-refractivity contribution < 1.29 is 9.84 Å². The van der Waals surface area contributed by atoms with Crippen LogP contribution in [0.4, 0.5) is 0 Å². The second-order valence-corrected chi connectivity index (χ2v) is 6.88. The minimum atomic E-state index is 0.0699. The van der Waals surface area contributed by atoms with Crippen LogP contribution in [0.25, 0.3) is 21.2 Å². The highest BCUT2D eigenvalue weighted by atomic mass is 32.1. The molecule has 4 aromatic rings. The van der Waals surface area contributed by atoms with Gasteiger partial charge >= 0.3 is 0 Å². The van der Waals surface area contributed by atoms with Crippen molar-refractivity contribution in [2.75, 3.05) is 0 Å². The largest absolute Gasteiger partial charge is 0.492 e. The fraction of sp³-hybridized carbons (Fsp3) is 0.0952. The fourth-order valence-corrected chi connectivity index (χ4v) is 3.68. The van der Waals surface area contributed by atoms with Gasteiger partial charge in [-0.3, -0.25) is 0 Å². The molecule has 0 aliphatic heterocycles. The van der Waals surface area contributed by atoms with Gasteiger partial charge in [-0.25, -0.2) is 4.98 Å². The van der Waals surface area contributed by atoms with Gasteiger partial charge in [0.25, 0.3) is 0 Å². The normalized spacial score (nSPS) is 11.0. The average molecular weight is 347 g/mol. The number of benzene rings is 3. The van der Waals surface area contributed by atoms with E-state index in [4.69, 9.17) is 4.74 Å². The smallest absolute Gasteiger partial charge is 0.230 e. The molecule has 3 aromatic carbocycles. The maximum Gasteiger partial charge on any atom is 0.230 e. The maximum absolute atomic E-state index is 10.1. The highest BCUT2D eigenvalue weighted by Crippen LogP contribution is 2.34. The molecule has 0 aliphatic carbocycles. The topological polar surface area (TPSA) is 42.4 Å². The number of rotatable bonds is 5. The van der Waals surface area contributed by atoms with Crippen LogP contribution in [0.3, 0.4) is 0 Å². The third-order valence-electron chi connectivity index (χ3n) is 4.00. The van der Waals surface area contributed by atoms with E-state index in [2.05, 4.69) is 35.3 Å². The number of ether oxygens (including phenoxy) is 1. The van der Waals surface area contributed by atoms with Gasteiger partial charge in [0, 0.05) is 0 Å². The Labute approximate surface area is 150 Å². The van der Waals surface area contributed by atoms with E-state index in [0.29, 0.717) is 13.2 Å². The van der Waals surface area contributed by atoms with E-state index >= 15 is 0 Å². The first-order chi connectivity index (χ1) is 12.3. The highest BCUT2D eigenvalue weighted by molar-refractivity contribution is 7.15. The first-order valence-corrected chi connectivity index (χ1v) is 8.91. The van der Waals surface area contributed by atoms with E-state index in [0.717, 1.165) is 21.0 Å². The molecule has 0 saturated heterocycles. The van der Waals surface area contributed by atoms with Gasteiger partial charge in [-0.2, -0.15) is 0 Å². The zero-order valence-electron chi connectivity index (χ0n) is 13.6. The molecule has 0 amide bonds. The minimum Gasteiger partial charge on any atom is -0.492 e. The summed E-state index contributed by atoms with van der Waals surface area (Å²) in [4.78, 5) is 5.00. The number of hydrogen-bond acceptors (Lipinski definition) is 4. The van der Waals surface area contributed by atoms with Crippen molar-refractivity contribution in [2.24, 2.45) is 0 Å². The molecule has 25 heavy (non-hydrogen) atoms. The van der Waals surface area contributed by atoms with Crippen LogP contribution < -0.4 is 0 Å². The van der Waals surface area contributed by atoms with Crippen LogP contribution in [0.15, 0.2) is 72.8 Å². The van der Waals surface area contributed by atoms with Gasteiger partial charge in [-0.05, 0) is 28.0 Å². The molecule has 0 unspecified atom stereocenters. The van der Waals surface area contributed by atoms with Crippen molar-refractivity contribution in [3.8, 4) is 16.3 Å². The van der Waals surface area contributed by atoms with Crippen LogP contribution in [0, 0.1) is 0 Å². The number of hydrogen-bond donors (Lipinski definition) is 1. The third-order valence-corrected chi connectivity index (χ3v) is 5.06. The molecule has 0 bridgehead atoms. The zero-order chi connectivity index (χ0) is 17.1. The van der Waals surface area contributed by atoms with Crippen LogP contribution in [0.2, 0.25) is 0 Å². The van der Waals surface area contributed by atoms with E-state index in [9.17, 15) is 5.11 Å². The molecule has 0 saturated carbocycles. The van der Waals surface area contributed by atoms with Gasteiger partial charge in [-0.1, -0.05) is 66.7 Å². The molecule has 0 fully saturated rings. The molecule has 4 rings (SSSR count). The van der Waals surface area contributed by atoms with E-state index in [-0.39, 0.29) is 5.88 Å². The minimum absolute atomic E-state index is 0.0699. The molecule has 1 aromatic heterocycles. The van der Waals surface area contributed by atoms with E-state index in [1.807, 2.05) is 42.5 Å². The van der Waals surface area contributed by atoms with Crippen molar-refractivity contribution in [2.45, 2.75) is 13.2 Å². The monoisotopic (exact) mass is 347 g/mol. The molecule has 4 heteroatoms. The summed E-state index contributed by atoms with van der Waals surface area (Å²) in [6, 6.07) is 24.4. The number of aromatic nitrogens is 1. The summed E-state index contributed by atoms with van der Waals surface area (Å²) < 4.78 is 5.80. The lowest BCUT2D eigenvalue weighted by Crippen LogP contribution is -1.93. The summed E-state index contributed by atoms with van der Waals surface area (Å²) in [5.41, 5.74) is 2.10. The predicted molar refractivity (Wildman–Crippen MR) is 102 cm³/mol. The molecule has 0 aliphatic rings. The Kier molecular flexibility index (Phi) is 4.46. The lowest BCUT2D eigenvalue weighted by atomic mass is 10.1. The van der Waals surface area contributed by atoms with Gasteiger partial charge < -0.3 is 9.84 Å². The van der Waals surface area contributed by atoms with Gasteiger partial charge in [0.15, 0.2) is 0 Å². The summed E-state index contributed by atoms with van der Waals surface area (Å²) in [6.45, 7) is 0.906. The summed E-state index contributed by atoms with van der Waals surface area (Å²) in [6.07, 6.45) is 0. The van der Waals surface area contributed by atoms with Gasteiger partial charge in [0.2, 0.25) is 5.88 Å². The van der Waals surface area contributed by atoms with Crippen LogP contribution in [-0.4, -0.2) is 10.1 Å². The molecule has 0 spiro atoms. The number of nitrogens with zero attached hydrogens (tertiary/aromatic N) is 1. The molecule has 0 atom stereocenters. The van der Waals surface area contributed by atoms with E-state index in [1.165, 1.54) is 22.1 Å². The van der Waals surface area contributed by atoms with E-state index in [1.54, 1.807) is 0 Å².